The van der Waals surface area contributed by atoms with E-state index in [-0.39, 0.29) is 5.91 Å². The fraction of sp³-hybridized carbons (Fsp3) is 0.545. The lowest BCUT2D eigenvalue weighted by Crippen LogP contribution is -2.42. The van der Waals surface area contributed by atoms with Crippen LogP contribution in [0.15, 0.2) is 23.6 Å². The molecule has 1 aromatic carbocycles. The van der Waals surface area contributed by atoms with Gasteiger partial charge in [0.25, 0.3) is 0 Å². The van der Waals surface area contributed by atoms with Crippen molar-refractivity contribution >= 4 is 17.2 Å². The highest BCUT2D eigenvalue weighted by Gasteiger charge is 2.17. The normalized spacial score (nSPS) is 14.7. The summed E-state index contributed by atoms with van der Waals surface area (Å²) in [5, 5.41) is 2.96. The standard InChI is InChI=1S/C22H31N3O3S/c1-4-22(26)25(9-8-24-10-12-27-13-11-24)14-19-16-29-21(23-19)15-28-20-7-5-6-17(2)18(20)3/h5-7,16H,4,8-15H2,1-3H3. The zero-order valence-corrected chi connectivity index (χ0v) is 18.5. The molecule has 1 fully saturated rings. The van der Waals surface area contributed by atoms with Gasteiger partial charge in [0.1, 0.15) is 17.4 Å². The van der Waals surface area contributed by atoms with Crippen LogP contribution in [0.5, 0.6) is 5.75 Å². The fourth-order valence-electron chi connectivity index (χ4n) is 3.31. The van der Waals surface area contributed by atoms with E-state index in [1.54, 1.807) is 11.3 Å². The number of aryl methyl sites for hydroxylation is 1. The molecule has 3 rings (SSSR count). The van der Waals surface area contributed by atoms with Gasteiger partial charge in [0, 0.05) is 38.0 Å². The molecule has 7 heteroatoms. The van der Waals surface area contributed by atoms with Crippen molar-refractivity contribution in [2.24, 2.45) is 0 Å². The van der Waals surface area contributed by atoms with Gasteiger partial charge in [0.2, 0.25) is 5.91 Å². The molecule has 2 aromatic rings. The molecule has 1 aromatic heterocycles. The van der Waals surface area contributed by atoms with Crippen molar-refractivity contribution in [3.63, 3.8) is 0 Å². The van der Waals surface area contributed by atoms with Gasteiger partial charge in [-0.05, 0) is 31.0 Å². The molecular weight excluding hydrogens is 386 g/mol. The predicted molar refractivity (Wildman–Crippen MR) is 115 cm³/mol. The van der Waals surface area contributed by atoms with Crippen LogP contribution in [0.25, 0.3) is 0 Å². The van der Waals surface area contributed by atoms with Crippen LogP contribution in [-0.4, -0.2) is 60.1 Å². The number of aromatic nitrogens is 1. The van der Waals surface area contributed by atoms with Gasteiger partial charge in [-0.15, -0.1) is 11.3 Å². The fourth-order valence-corrected chi connectivity index (χ4v) is 4.00. The van der Waals surface area contributed by atoms with Gasteiger partial charge in [0.05, 0.1) is 25.5 Å². The van der Waals surface area contributed by atoms with Crippen molar-refractivity contribution in [3.05, 3.63) is 45.4 Å². The van der Waals surface area contributed by atoms with E-state index in [9.17, 15) is 4.79 Å². The number of hydrogen-bond donors (Lipinski definition) is 0. The van der Waals surface area contributed by atoms with Gasteiger partial charge in [-0.2, -0.15) is 0 Å². The lowest BCUT2D eigenvalue weighted by Gasteiger charge is -2.29. The van der Waals surface area contributed by atoms with Crippen LogP contribution in [0.1, 0.15) is 35.2 Å². The van der Waals surface area contributed by atoms with Crippen molar-refractivity contribution in [3.8, 4) is 5.75 Å². The molecule has 1 aliphatic rings. The molecule has 0 bridgehead atoms. The molecule has 0 aliphatic carbocycles. The Morgan fingerprint density at radius 2 is 2.10 bits per heavy atom. The van der Waals surface area contributed by atoms with Crippen LogP contribution < -0.4 is 4.74 Å². The first kappa shape index (κ1) is 21.7. The zero-order valence-electron chi connectivity index (χ0n) is 17.6. The third-order valence-corrected chi connectivity index (χ3v) is 6.17. The van der Waals surface area contributed by atoms with E-state index in [1.807, 2.05) is 29.3 Å². The smallest absolute Gasteiger partial charge is 0.222 e. The van der Waals surface area contributed by atoms with Crippen LogP contribution in [0, 0.1) is 13.8 Å². The summed E-state index contributed by atoms with van der Waals surface area (Å²) < 4.78 is 11.4. The van der Waals surface area contributed by atoms with E-state index < -0.39 is 0 Å². The van der Waals surface area contributed by atoms with Crippen molar-refractivity contribution in [2.75, 3.05) is 39.4 Å². The molecular formula is C22H31N3O3S. The van der Waals surface area contributed by atoms with E-state index in [4.69, 9.17) is 14.5 Å². The number of morpholine rings is 1. The maximum absolute atomic E-state index is 12.4. The second-order valence-electron chi connectivity index (χ2n) is 7.34. The predicted octanol–water partition coefficient (Wildman–Crippen LogP) is 3.41. The number of nitrogens with zero attached hydrogens (tertiary/aromatic N) is 3. The highest BCUT2D eigenvalue weighted by Crippen LogP contribution is 2.22. The number of carbonyl (C=O) groups is 1. The van der Waals surface area contributed by atoms with E-state index >= 15 is 0 Å². The Kier molecular flexibility index (Phi) is 8.03. The van der Waals surface area contributed by atoms with Gasteiger partial charge in [0.15, 0.2) is 0 Å². The van der Waals surface area contributed by atoms with E-state index in [0.717, 1.165) is 61.4 Å². The van der Waals surface area contributed by atoms with Crippen molar-refractivity contribution in [1.29, 1.82) is 0 Å². The molecule has 1 amide bonds. The quantitative estimate of drug-likeness (QED) is 0.626. The minimum atomic E-state index is 0.166. The average Bonchev–Trinajstić information content (AvgIpc) is 3.19. The molecule has 0 N–H and O–H groups in total. The highest BCUT2D eigenvalue weighted by molar-refractivity contribution is 7.09. The van der Waals surface area contributed by atoms with Crippen molar-refractivity contribution in [1.82, 2.24) is 14.8 Å². The molecule has 0 radical (unpaired) electrons. The molecule has 0 spiro atoms. The van der Waals surface area contributed by atoms with Crippen LogP contribution in [-0.2, 0) is 22.7 Å². The minimum absolute atomic E-state index is 0.166. The summed E-state index contributed by atoms with van der Waals surface area (Å²) in [5.74, 6) is 1.06. The summed E-state index contributed by atoms with van der Waals surface area (Å²) >= 11 is 1.59. The molecule has 0 saturated carbocycles. The average molecular weight is 418 g/mol. The monoisotopic (exact) mass is 417 g/mol. The van der Waals surface area contributed by atoms with E-state index in [1.165, 1.54) is 5.56 Å². The Morgan fingerprint density at radius 3 is 2.86 bits per heavy atom. The number of amides is 1. The summed E-state index contributed by atoms with van der Waals surface area (Å²) in [6, 6.07) is 6.08. The molecule has 2 heterocycles. The summed E-state index contributed by atoms with van der Waals surface area (Å²) in [6.07, 6.45) is 0.510. The molecule has 1 aliphatic heterocycles. The van der Waals surface area contributed by atoms with Gasteiger partial charge < -0.3 is 14.4 Å². The van der Waals surface area contributed by atoms with Crippen LogP contribution in [0.3, 0.4) is 0 Å². The Labute approximate surface area is 177 Å². The third-order valence-electron chi connectivity index (χ3n) is 5.30. The van der Waals surface area contributed by atoms with Crippen molar-refractivity contribution < 1.29 is 14.3 Å². The van der Waals surface area contributed by atoms with Crippen LogP contribution in [0.4, 0.5) is 0 Å². The topological polar surface area (TPSA) is 54.9 Å². The highest BCUT2D eigenvalue weighted by atomic mass is 32.1. The van der Waals surface area contributed by atoms with Gasteiger partial charge >= 0.3 is 0 Å². The van der Waals surface area contributed by atoms with Crippen LogP contribution >= 0.6 is 11.3 Å². The maximum Gasteiger partial charge on any atom is 0.222 e. The number of rotatable bonds is 9. The molecule has 0 unspecified atom stereocenters. The molecule has 29 heavy (non-hydrogen) atoms. The maximum atomic E-state index is 12.4. The molecule has 1 saturated heterocycles. The number of benzene rings is 1. The van der Waals surface area contributed by atoms with Gasteiger partial charge in [-0.25, -0.2) is 4.98 Å². The largest absolute Gasteiger partial charge is 0.486 e. The van der Waals surface area contributed by atoms with Gasteiger partial charge in [-0.1, -0.05) is 19.1 Å². The summed E-state index contributed by atoms with van der Waals surface area (Å²) in [4.78, 5) is 21.4. The Hall–Kier alpha value is -1.96. The SMILES string of the molecule is CCC(=O)N(CCN1CCOCC1)Cc1csc(COc2cccc(C)c2C)n1. The number of ether oxygens (including phenoxy) is 2. The van der Waals surface area contributed by atoms with E-state index in [0.29, 0.717) is 19.6 Å². The lowest BCUT2D eigenvalue weighted by atomic mass is 10.1. The Morgan fingerprint density at radius 1 is 1.31 bits per heavy atom. The van der Waals surface area contributed by atoms with E-state index in [2.05, 4.69) is 24.8 Å². The summed E-state index contributed by atoms with van der Waals surface area (Å²) in [5.41, 5.74) is 3.31. The summed E-state index contributed by atoms with van der Waals surface area (Å²) in [6.45, 7) is 12.1. The Balaban J connectivity index is 1.55. The molecule has 158 valence electrons. The lowest BCUT2D eigenvalue weighted by molar-refractivity contribution is -0.131. The van der Waals surface area contributed by atoms with Gasteiger partial charge in [-0.3, -0.25) is 9.69 Å². The van der Waals surface area contributed by atoms with Crippen LogP contribution in [0.2, 0.25) is 0 Å². The zero-order chi connectivity index (χ0) is 20.6. The molecule has 6 nitrogen and oxygen atoms in total. The second kappa shape index (κ2) is 10.7. The first-order valence-corrected chi connectivity index (χ1v) is 11.1. The second-order valence-corrected chi connectivity index (χ2v) is 8.28. The first-order chi connectivity index (χ1) is 14.1. The molecule has 0 atom stereocenters. The minimum Gasteiger partial charge on any atom is -0.486 e. The van der Waals surface area contributed by atoms with Crippen molar-refractivity contribution in [2.45, 2.75) is 40.3 Å². The number of thiazole rings is 1. The number of carbonyl (C=O) groups excluding carboxylic acids is 1. The third kappa shape index (κ3) is 6.26. The first-order valence-electron chi connectivity index (χ1n) is 10.3. The number of hydrogen-bond acceptors (Lipinski definition) is 6. The Bertz CT molecular complexity index is 802. The summed E-state index contributed by atoms with van der Waals surface area (Å²) in [7, 11) is 0.